The summed E-state index contributed by atoms with van der Waals surface area (Å²) in [7, 11) is 0. The summed E-state index contributed by atoms with van der Waals surface area (Å²) in [5.74, 6) is -1.72. The number of hydrogen-bond acceptors (Lipinski definition) is 4. The summed E-state index contributed by atoms with van der Waals surface area (Å²) in [4.78, 5) is 22.3. The van der Waals surface area contributed by atoms with Gasteiger partial charge in [0.05, 0.1) is 0 Å². The van der Waals surface area contributed by atoms with E-state index in [0.717, 1.165) is 0 Å². The molecule has 0 bridgehead atoms. The fourth-order valence-electron chi connectivity index (χ4n) is 1.14. The quantitative estimate of drug-likeness (QED) is 0.497. The molecule has 0 aromatic heterocycles. The molecule has 0 fully saturated rings. The number of hydrogen-bond donors (Lipinski definition) is 2. The van der Waals surface area contributed by atoms with Gasteiger partial charge in [-0.05, 0) is 12.8 Å². The van der Waals surface area contributed by atoms with E-state index in [-0.39, 0.29) is 17.2 Å². The van der Waals surface area contributed by atoms with Crippen LogP contribution in [0.3, 0.4) is 0 Å². The van der Waals surface area contributed by atoms with Crippen molar-refractivity contribution in [1.82, 2.24) is 4.90 Å². The summed E-state index contributed by atoms with van der Waals surface area (Å²) in [6.45, 7) is 0.933. The zero-order chi connectivity index (χ0) is 12.6. The molecule has 5 nitrogen and oxygen atoms in total. The zero-order valence-corrected chi connectivity index (χ0v) is 10.4. The first-order valence-electron chi connectivity index (χ1n) is 4.83. The fraction of sp³-hybridized carbons (Fsp3) is 0.667. The van der Waals surface area contributed by atoms with E-state index in [1.165, 1.54) is 0 Å². The van der Waals surface area contributed by atoms with Crippen LogP contribution in [-0.2, 0) is 22.2 Å². The molecule has 0 heterocycles. The molecule has 0 aliphatic carbocycles. The minimum atomic E-state index is -0.860. The van der Waals surface area contributed by atoms with Gasteiger partial charge in [0.2, 0.25) is 0 Å². The molecule has 0 radical (unpaired) electrons. The maximum atomic E-state index is 10.3. The Morgan fingerprint density at radius 3 is 1.69 bits per heavy atom. The van der Waals surface area contributed by atoms with Crippen LogP contribution in [0, 0.1) is 0 Å². The van der Waals surface area contributed by atoms with Gasteiger partial charge in [0.25, 0.3) is 0 Å². The molecule has 0 saturated carbocycles. The van der Waals surface area contributed by atoms with Crippen molar-refractivity contribution in [2.75, 3.05) is 13.1 Å². The minimum absolute atomic E-state index is 0.0629. The Hall–Kier alpha value is -0.950. The smallest absolute Gasteiger partial charge is 0.303 e. The predicted molar refractivity (Wildman–Crippen MR) is 65.3 cm³/mol. The fourth-order valence-corrected chi connectivity index (χ4v) is 1.50. The molecule has 0 aliphatic rings. The van der Waals surface area contributed by atoms with Crippen LogP contribution in [0.15, 0.2) is 0 Å². The van der Waals surface area contributed by atoms with Gasteiger partial charge in [0.1, 0.15) is 0 Å². The van der Waals surface area contributed by atoms with Crippen LogP contribution in [0.25, 0.3) is 0 Å². The maximum Gasteiger partial charge on any atom is 0.303 e. The van der Waals surface area contributed by atoms with E-state index in [0.29, 0.717) is 25.9 Å². The number of nitrogens with zero attached hydrogens (tertiary/aromatic N) is 1. The lowest BCUT2D eigenvalue weighted by molar-refractivity contribution is -0.138. The summed E-state index contributed by atoms with van der Waals surface area (Å²) >= 11 is 9.64. The van der Waals surface area contributed by atoms with Gasteiger partial charge in [0, 0.05) is 25.9 Å². The molecule has 7 heteroatoms. The Kier molecular flexibility index (Phi) is 7.74. The SMILES string of the molecule is O=C(O)CCCN(CCCC(=O)O)C(=S)[S-]. The molecule has 0 rings (SSSR count). The second kappa shape index (κ2) is 8.23. The monoisotopic (exact) mass is 264 g/mol. The molecule has 2 N–H and O–H groups in total. The van der Waals surface area contributed by atoms with Gasteiger partial charge >= 0.3 is 11.9 Å². The number of carboxylic acids is 2. The molecule has 0 saturated heterocycles. The molecule has 0 aromatic carbocycles. The van der Waals surface area contributed by atoms with E-state index < -0.39 is 11.9 Å². The Bertz CT molecular complexity index is 250. The van der Waals surface area contributed by atoms with Crippen LogP contribution in [0.4, 0.5) is 0 Å². The normalized spacial score (nSPS) is 9.75. The number of aliphatic carboxylic acids is 2. The molecule has 92 valence electrons. The van der Waals surface area contributed by atoms with Gasteiger partial charge < -0.3 is 40.0 Å². The first-order chi connectivity index (χ1) is 7.43. The molecular weight excluding hydrogens is 250 g/mol. The maximum absolute atomic E-state index is 10.3. The number of carbonyl (C=O) groups is 2. The Balaban J connectivity index is 3.84. The van der Waals surface area contributed by atoms with Crippen LogP contribution >= 0.6 is 12.2 Å². The van der Waals surface area contributed by atoms with Crippen molar-refractivity contribution in [2.45, 2.75) is 25.7 Å². The van der Waals surface area contributed by atoms with E-state index in [4.69, 9.17) is 35.1 Å². The van der Waals surface area contributed by atoms with Gasteiger partial charge in [-0.2, -0.15) is 0 Å². The summed E-state index contributed by atoms with van der Waals surface area (Å²) in [6.07, 6.45) is 1.04. The van der Waals surface area contributed by atoms with Crippen LogP contribution in [0.1, 0.15) is 25.7 Å². The standard InChI is InChI=1S/C9H15NO4S2/c11-7(12)3-1-5-10(9(15)16)6-2-4-8(13)14/h1-6H2,(H,11,12)(H,13,14)(H,15,16)/p-1. The molecule has 0 amide bonds. The molecule has 0 aromatic rings. The third-order valence-corrected chi connectivity index (χ3v) is 2.41. The van der Waals surface area contributed by atoms with Crippen molar-refractivity contribution in [3.8, 4) is 0 Å². The number of thiocarbonyl (C=S) groups is 1. The second-order valence-electron chi connectivity index (χ2n) is 3.25. The predicted octanol–water partition coefficient (Wildman–Crippen LogP) is 0.850. The molecule has 0 unspecified atom stereocenters. The third-order valence-electron chi connectivity index (χ3n) is 1.90. The summed E-state index contributed by atoms with van der Waals surface area (Å²) in [6, 6.07) is 0. The first kappa shape index (κ1) is 15.0. The van der Waals surface area contributed by atoms with Crippen LogP contribution < -0.4 is 0 Å². The van der Waals surface area contributed by atoms with Crippen molar-refractivity contribution < 1.29 is 19.8 Å². The van der Waals surface area contributed by atoms with Crippen LogP contribution in [-0.4, -0.2) is 44.5 Å². The Morgan fingerprint density at radius 2 is 1.44 bits per heavy atom. The topological polar surface area (TPSA) is 77.8 Å². The van der Waals surface area contributed by atoms with Crippen LogP contribution in [0.5, 0.6) is 0 Å². The summed E-state index contributed by atoms with van der Waals surface area (Å²) < 4.78 is 0.260. The van der Waals surface area contributed by atoms with Crippen molar-refractivity contribution in [3.63, 3.8) is 0 Å². The lowest BCUT2D eigenvalue weighted by Crippen LogP contribution is -2.30. The number of carboxylic acid groups (broad SMARTS) is 2. The average molecular weight is 264 g/mol. The summed E-state index contributed by atoms with van der Waals surface area (Å²) in [5, 5.41) is 16.9. The largest absolute Gasteiger partial charge is 0.481 e. The highest BCUT2D eigenvalue weighted by molar-refractivity contribution is 8.00. The zero-order valence-electron chi connectivity index (χ0n) is 8.72. The lowest BCUT2D eigenvalue weighted by Gasteiger charge is -2.28. The lowest BCUT2D eigenvalue weighted by atomic mass is 10.2. The van der Waals surface area contributed by atoms with E-state index in [9.17, 15) is 9.59 Å². The number of rotatable bonds is 8. The van der Waals surface area contributed by atoms with E-state index in [2.05, 4.69) is 0 Å². The van der Waals surface area contributed by atoms with Crippen molar-refractivity contribution in [2.24, 2.45) is 0 Å². The second-order valence-corrected chi connectivity index (χ2v) is 4.28. The third kappa shape index (κ3) is 8.37. The summed E-state index contributed by atoms with van der Waals surface area (Å²) in [5.41, 5.74) is 0. The van der Waals surface area contributed by atoms with E-state index in [1.54, 1.807) is 4.90 Å². The Labute approximate surface area is 105 Å². The van der Waals surface area contributed by atoms with Gasteiger partial charge in [-0.25, -0.2) is 0 Å². The molecule has 16 heavy (non-hydrogen) atoms. The van der Waals surface area contributed by atoms with Gasteiger partial charge in [-0.3, -0.25) is 9.59 Å². The van der Waals surface area contributed by atoms with Gasteiger partial charge in [0.15, 0.2) is 0 Å². The highest BCUT2D eigenvalue weighted by Crippen LogP contribution is 2.01. The Morgan fingerprint density at radius 1 is 1.06 bits per heavy atom. The highest BCUT2D eigenvalue weighted by Gasteiger charge is 2.04. The van der Waals surface area contributed by atoms with E-state index in [1.807, 2.05) is 0 Å². The molecular formula is C9H14NO4S2-. The van der Waals surface area contributed by atoms with Gasteiger partial charge in [-0.15, -0.1) is 0 Å². The molecule has 0 spiro atoms. The van der Waals surface area contributed by atoms with Crippen LogP contribution in [0.2, 0.25) is 0 Å². The van der Waals surface area contributed by atoms with E-state index >= 15 is 0 Å². The van der Waals surface area contributed by atoms with Gasteiger partial charge in [-0.1, -0.05) is 4.32 Å². The average Bonchev–Trinajstić information content (AvgIpc) is 2.14. The van der Waals surface area contributed by atoms with Crippen molar-refractivity contribution in [3.05, 3.63) is 0 Å². The first-order valence-corrected chi connectivity index (χ1v) is 5.64. The van der Waals surface area contributed by atoms with Crippen molar-refractivity contribution in [1.29, 1.82) is 0 Å². The highest BCUT2D eigenvalue weighted by atomic mass is 32.1. The van der Waals surface area contributed by atoms with Crippen molar-refractivity contribution >= 4 is 41.1 Å². The minimum Gasteiger partial charge on any atom is -0.481 e. The molecule has 0 aliphatic heterocycles. The molecule has 0 atom stereocenters.